The molecule has 1 rings (SSSR count). The van der Waals surface area contributed by atoms with Crippen molar-refractivity contribution in [2.45, 2.75) is 12.8 Å². The Balaban J connectivity index is 2.54. The zero-order valence-corrected chi connectivity index (χ0v) is 6.66. The third-order valence-corrected chi connectivity index (χ3v) is 1.52. The van der Waals surface area contributed by atoms with Gasteiger partial charge in [0.15, 0.2) is 5.78 Å². The van der Waals surface area contributed by atoms with E-state index in [-0.39, 0.29) is 12.2 Å². The van der Waals surface area contributed by atoms with E-state index in [1.165, 1.54) is 6.20 Å². The summed E-state index contributed by atoms with van der Waals surface area (Å²) in [7, 11) is 0. The molecule has 0 aliphatic heterocycles. The van der Waals surface area contributed by atoms with Crippen LogP contribution in [0.1, 0.15) is 23.2 Å². The first kappa shape index (κ1) is 8.84. The summed E-state index contributed by atoms with van der Waals surface area (Å²) in [4.78, 5) is 15.0. The molecule has 3 heteroatoms. The molecular formula is C9H10FNO. The van der Waals surface area contributed by atoms with Gasteiger partial charge in [-0.15, -0.1) is 0 Å². The molecule has 1 heterocycles. The summed E-state index contributed by atoms with van der Waals surface area (Å²) >= 11 is 0. The summed E-state index contributed by atoms with van der Waals surface area (Å²) in [5.41, 5.74) is 0.561. The average molecular weight is 167 g/mol. The normalized spacial score (nSPS) is 9.75. The molecule has 0 saturated carbocycles. The van der Waals surface area contributed by atoms with Crippen LogP contribution in [0.5, 0.6) is 0 Å². The number of rotatable bonds is 4. The van der Waals surface area contributed by atoms with E-state index in [1.54, 1.807) is 18.3 Å². The summed E-state index contributed by atoms with van der Waals surface area (Å²) in [5, 5.41) is 0. The van der Waals surface area contributed by atoms with Gasteiger partial charge in [0.2, 0.25) is 0 Å². The Morgan fingerprint density at radius 3 is 3.00 bits per heavy atom. The van der Waals surface area contributed by atoms with Crippen molar-refractivity contribution >= 4 is 5.78 Å². The third kappa shape index (κ3) is 2.42. The number of Topliss-reactive ketones (excluding diaryl/α,β-unsaturated/α-hetero) is 1. The number of ketones is 1. The fraction of sp³-hybridized carbons (Fsp3) is 0.333. The highest BCUT2D eigenvalue weighted by molar-refractivity contribution is 5.95. The molecule has 0 unspecified atom stereocenters. The molecule has 0 fully saturated rings. The first-order valence-corrected chi connectivity index (χ1v) is 3.84. The SMILES string of the molecule is O=C(CCCF)c1cccnc1. The van der Waals surface area contributed by atoms with Gasteiger partial charge in [-0.25, -0.2) is 0 Å². The number of nitrogens with zero attached hydrogens (tertiary/aromatic N) is 1. The highest BCUT2D eigenvalue weighted by Gasteiger charge is 2.03. The van der Waals surface area contributed by atoms with Gasteiger partial charge < -0.3 is 0 Å². The fourth-order valence-electron chi connectivity index (χ4n) is 0.899. The van der Waals surface area contributed by atoms with Crippen LogP contribution in [0.4, 0.5) is 4.39 Å². The number of aromatic nitrogens is 1. The Morgan fingerprint density at radius 2 is 2.42 bits per heavy atom. The standard InChI is InChI=1S/C9H10FNO/c10-5-1-4-9(12)8-3-2-6-11-7-8/h2-3,6-7H,1,4-5H2. The van der Waals surface area contributed by atoms with E-state index in [2.05, 4.69) is 4.98 Å². The van der Waals surface area contributed by atoms with Gasteiger partial charge in [0.05, 0.1) is 6.67 Å². The molecule has 12 heavy (non-hydrogen) atoms. The number of alkyl halides is 1. The molecule has 0 atom stereocenters. The van der Waals surface area contributed by atoms with Gasteiger partial charge in [0.25, 0.3) is 0 Å². The average Bonchev–Trinajstić information content (AvgIpc) is 2.15. The molecule has 64 valence electrons. The van der Waals surface area contributed by atoms with Crippen molar-refractivity contribution in [1.82, 2.24) is 4.98 Å². The van der Waals surface area contributed by atoms with Crippen LogP contribution in [0.15, 0.2) is 24.5 Å². The van der Waals surface area contributed by atoms with E-state index in [0.29, 0.717) is 12.0 Å². The van der Waals surface area contributed by atoms with Gasteiger partial charge in [-0.05, 0) is 18.6 Å². The van der Waals surface area contributed by atoms with E-state index in [0.717, 1.165) is 0 Å². The van der Waals surface area contributed by atoms with Crippen molar-refractivity contribution < 1.29 is 9.18 Å². The lowest BCUT2D eigenvalue weighted by atomic mass is 10.1. The van der Waals surface area contributed by atoms with Crippen molar-refractivity contribution in [3.05, 3.63) is 30.1 Å². The van der Waals surface area contributed by atoms with Gasteiger partial charge in [-0.2, -0.15) is 0 Å². The van der Waals surface area contributed by atoms with Gasteiger partial charge in [-0.1, -0.05) is 0 Å². The Labute approximate surface area is 70.4 Å². The van der Waals surface area contributed by atoms with Crippen molar-refractivity contribution in [3.63, 3.8) is 0 Å². The molecule has 1 aromatic heterocycles. The first-order valence-electron chi connectivity index (χ1n) is 3.84. The second kappa shape index (κ2) is 4.59. The van der Waals surface area contributed by atoms with Crippen molar-refractivity contribution in [1.29, 1.82) is 0 Å². The van der Waals surface area contributed by atoms with Gasteiger partial charge in [-0.3, -0.25) is 14.2 Å². The number of pyridine rings is 1. The van der Waals surface area contributed by atoms with Crippen LogP contribution < -0.4 is 0 Å². The summed E-state index contributed by atoms with van der Waals surface area (Å²) in [6.07, 6.45) is 3.67. The Hall–Kier alpha value is -1.25. The molecule has 0 aromatic carbocycles. The molecule has 1 aromatic rings. The largest absolute Gasteiger partial charge is 0.294 e. The zero-order chi connectivity index (χ0) is 8.81. The van der Waals surface area contributed by atoms with Crippen molar-refractivity contribution in [2.24, 2.45) is 0 Å². The van der Waals surface area contributed by atoms with Gasteiger partial charge >= 0.3 is 0 Å². The van der Waals surface area contributed by atoms with E-state index in [1.807, 2.05) is 0 Å². The van der Waals surface area contributed by atoms with E-state index in [4.69, 9.17) is 0 Å². The Kier molecular flexibility index (Phi) is 3.38. The van der Waals surface area contributed by atoms with Crippen LogP contribution in [0, 0.1) is 0 Å². The monoisotopic (exact) mass is 167 g/mol. The number of carbonyl (C=O) groups is 1. The smallest absolute Gasteiger partial charge is 0.164 e. The van der Waals surface area contributed by atoms with Gasteiger partial charge in [0, 0.05) is 24.4 Å². The minimum absolute atomic E-state index is 0.0410. The number of hydrogen-bond acceptors (Lipinski definition) is 2. The molecule has 0 saturated heterocycles. The van der Waals surface area contributed by atoms with Crippen LogP contribution in [0.3, 0.4) is 0 Å². The van der Waals surface area contributed by atoms with Crippen LogP contribution in [-0.4, -0.2) is 17.4 Å². The van der Waals surface area contributed by atoms with E-state index >= 15 is 0 Å². The molecule has 0 bridgehead atoms. The molecule has 0 radical (unpaired) electrons. The Morgan fingerprint density at radius 1 is 1.58 bits per heavy atom. The highest BCUT2D eigenvalue weighted by atomic mass is 19.1. The topological polar surface area (TPSA) is 30.0 Å². The summed E-state index contributed by atoms with van der Waals surface area (Å²) in [6, 6.07) is 3.39. The molecule has 0 amide bonds. The molecule has 0 N–H and O–H groups in total. The highest BCUT2D eigenvalue weighted by Crippen LogP contribution is 2.03. The predicted octanol–water partition coefficient (Wildman–Crippen LogP) is 2.01. The first-order chi connectivity index (χ1) is 5.84. The molecule has 0 aliphatic rings. The van der Waals surface area contributed by atoms with E-state index < -0.39 is 6.67 Å². The quantitative estimate of drug-likeness (QED) is 0.642. The van der Waals surface area contributed by atoms with E-state index in [9.17, 15) is 9.18 Å². The number of hydrogen-bond donors (Lipinski definition) is 0. The maximum Gasteiger partial charge on any atom is 0.164 e. The van der Waals surface area contributed by atoms with Crippen molar-refractivity contribution in [2.75, 3.05) is 6.67 Å². The molecular weight excluding hydrogens is 157 g/mol. The van der Waals surface area contributed by atoms with Crippen LogP contribution in [0.2, 0.25) is 0 Å². The second-order valence-corrected chi connectivity index (χ2v) is 2.46. The minimum atomic E-state index is -0.438. The molecule has 2 nitrogen and oxygen atoms in total. The zero-order valence-electron chi connectivity index (χ0n) is 6.66. The third-order valence-electron chi connectivity index (χ3n) is 1.52. The predicted molar refractivity (Wildman–Crippen MR) is 43.8 cm³/mol. The van der Waals surface area contributed by atoms with Gasteiger partial charge in [0.1, 0.15) is 0 Å². The van der Waals surface area contributed by atoms with Crippen LogP contribution >= 0.6 is 0 Å². The number of halogens is 1. The lowest BCUT2D eigenvalue weighted by Gasteiger charge is -1.96. The lowest BCUT2D eigenvalue weighted by Crippen LogP contribution is -1.99. The van der Waals surface area contributed by atoms with Crippen LogP contribution in [-0.2, 0) is 0 Å². The van der Waals surface area contributed by atoms with Crippen molar-refractivity contribution in [3.8, 4) is 0 Å². The van der Waals surface area contributed by atoms with Crippen LogP contribution in [0.25, 0.3) is 0 Å². The molecule has 0 aliphatic carbocycles. The fourth-order valence-corrected chi connectivity index (χ4v) is 0.899. The maximum atomic E-state index is 11.7. The summed E-state index contributed by atoms with van der Waals surface area (Å²) in [6.45, 7) is -0.438. The molecule has 0 spiro atoms. The maximum absolute atomic E-state index is 11.7. The number of carbonyl (C=O) groups excluding carboxylic acids is 1. The summed E-state index contributed by atoms with van der Waals surface area (Å²) in [5.74, 6) is -0.0410. The Bertz CT molecular complexity index is 248. The lowest BCUT2D eigenvalue weighted by molar-refractivity contribution is 0.0977. The summed E-state index contributed by atoms with van der Waals surface area (Å²) < 4.78 is 11.7. The second-order valence-electron chi connectivity index (χ2n) is 2.46. The minimum Gasteiger partial charge on any atom is -0.294 e.